The number of fused-ring (bicyclic) bond motifs is 39. The highest BCUT2D eigenvalue weighted by molar-refractivity contribution is 7.26. The predicted molar refractivity (Wildman–Crippen MR) is 555 cm³/mol. The molecule has 0 amide bonds. The average Bonchev–Trinajstić information content (AvgIpc) is 1.73. The van der Waals surface area contributed by atoms with Crippen molar-refractivity contribution < 1.29 is 4.42 Å². The van der Waals surface area contributed by atoms with Gasteiger partial charge in [0.05, 0.1) is 82.4 Å². The van der Waals surface area contributed by atoms with E-state index in [4.69, 9.17) is 34.3 Å². The number of aromatic nitrogens is 9. The van der Waals surface area contributed by atoms with Gasteiger partial charge in [0, 0.05) is 108 Å². The summed E-state index contributed by atoms with van der Waals surface area (Å²) in [4.78, 5) is 29.9. The first kappa shape index (κ1) is 74.0. The fraction of sp³-hybridized carbons (Fsp3) is 0. The SMILES string of the molecule is c1cc(-c2ccc3c4ccc5cccnc5c4c4nc5ccccc5n4c3c2)cc(-c2cccc3c2oc2ccccc23)c1.c1cc(-c2ccc3c4ccc5cccnc5c4c4nc5ccccc5n4c3c2)cc(-c2cccc3c2sc2ccccc23)c1.c1cnc2c(c1)ccc1c3ccc(-c4ccc(-c5ccc6sc7ccccc7c6c5)cc4)cc3n3c4ccccc4nc3c12. The molecule has 0 fully saturated rings. The van der Waals surface area contributed by atoms with Crippen molar-refractivity contribution in [2.24, 2.45) is 0 Å². The van der Waals surface area contributed by atoms with Crippen molar-refractivity contribution in [2.75, 3.05) is 0 Å². The smallest absolute Gasteiger partial charge is 0.148 e. The van der Waals surface area contributed by atoms with Gasteiger partial charge in [-0.25, -0.2) is 15.0 Å². The van der Waals surface area contributed by atoms with Gasteiger partial charge < -0.3 is 4.42 Å². The molecule has 30 rings (SSSR count). The Bertz CT molecular complexity index is 9790. The van der Waals surface area contributed by atoms with Crippen LogP contribution in [0.5, 0.6) is 0 Å². The third-order valence-corrected chi connectivity index (χ3v) is 29.4. The molecule has 0 saturated carbocycles. The third-order valence-electron chi connectivity index (χ3n) is 27.0. The zero-order valence-corrected chi connectivity index (χ0v) is 72.2. The van der Waals surface area contributed by atoms with Gasteiger partial charge in [0.1, 0.15) is 28.1 Å². The zero-order chi connectivity index (χ0) is 86.3. The first-order chi connectivity index (χ1) is 65.4. The Hall–Kier alpha value is -17.2. The Morgan fingerprint density at radius 2 is 0.576 bits per heavy atom. The van der Waals surface area contributed by atoms with Crippen molar-refractivity contribution in [3.63, 3.8) is 0 Å². The van der Waals surface area contributed by atoms with Crippen molar-refractivity contribution in [3.05, 3.63) is 419 Å². The van der Waals surface area contributed by atoms with E-state index in [0.29, 0.717) is 0 Å². The molecule has 12 aromatic heterocycles. The Morgan fingerprint density at radius 3 is 1.09 bits per heavy atom. The van der Waals surface area contributed by atoms with E-state index in [0.717, 1.165) is 165 Å². The first-order valence-electron chi connectivity index (χ1n) is 44.5. The maximum Gasteiger partial charge on any atom is 0.148 e. The molecule has 0 bridgehead atoms. The van der Waals surface area contributed by atoms with Gasteiger partial charge in [0.2, 0.25) is 0 Å². The summed E-state index contributed by atoms with van der Waals surface area (Å²) in [6.45, 7) is 0. The highest BCUT2D eigenvalue weighted by Gasteiger charge is 2.24. The summed E-state index contributed by atoms with van der Waals surface area (Å²) in [7, 11) is 0. The van der Waals surface area contributed by atoms with Crippen LogP contribution in [0.4, 0.5) is 0 Å². The molecule has 12 heterocycles. The number of para-hydroxylation sites is 8. The molecule has 0 atom stereocenters. The number of hydrogen-bond acceptors (Lipinski definition) is 9. The lowest BCUT2D eigenvalue weighted by Gasteiger charge is -2.13. The summed E-state index contributed by atoms with van der Waals surface area (Å²) >= 11 is 3.74. The minimum atomic E-state index is 0.910. The molecule has 132 heavy (non-hydrogen) atoms. The first-order valence-corrected chi connectivity index (χ1v) is 46.1. The van der Waals surface area contributed by atoms with Crippen LogP contribution in [0.25, 0.3) is 277 Å². The van der Waals surface area contributed by atoms with E-state index in [1.165, 1.54) is 112 Å². The monoisotopic (exact) mass is 1720 g/mol. The van der Waals surface area contributed by atoms with Gasteiger partial charge >= 0.3 is 0 Å². The molecule has 612 valence electrons. The van der Waals surface area contributed by atoms with E-state index in [1.807, 2.05) is 71.6 Å². The molecule has 0 radical (unpaired) electrons. The van der Waals surface area contributed by atoms with Gasteiger partial charge in [-0.2, -0.15) is 0 Å². The number of furan rings is 1. The highest BCUT2D eigenvalue weighted by atomic mass is 32.1. The number of pyridine rings is 6. The molecular weight excluding hydrogens is 1650 g/mol. The van der Waals surface area contributed by atoms with E-state index in [9.17, 15) is 0 Å². The molecule has 0 saturated heterocycles. The lowest BCUT2D eigenvalue weighted by atomic mass is 9.96. The maximum atomic E-state index is 6.38. The van der Waals surface area contributed by atoms with Gasteiger partial charge in [0.15, 0.2) is 0 Å². The summed E-state index contributed by atoms with van der Waals surface area (Å²) in [6, 6.07) is 143. The lowest BCUT2D eigenvalue weighted by molar-refractivity contribution is 0.670. The summed E-state index contributed by atoms with van der Waals surface area (Å²) in [6.07, 6.45) is 5.62. The number of thiophene rings is 2. The fourth-order valence-corrected chi connectivity index (χ4v) is 23.2. The van der Waals surface area contributed by atoms with Crippen LogP contribution in [-0.4, -0.2) is 43.1 Å². The molecule has 18 aromatic carbocycles. The van der Waals surface area contributed by atoms with E-state index in [-0.39, 0.29) is 0 Å². The number of imidazole rings is 3. The minimum Gasteiger partial charge on any atom is -0.455 e. The second-order valence-electron chi connectivity index (χ2n) is 34.3. The fourth-order valence-electron chi connectivity index (χ4n) is 20.9. The molecule has 0 N–H and O–H groups in total. The van der Waals surface area contributed by atoms with Gasteiger partial charge in [-0.3, -0.25) is 28.2 Å². The molecule has 12 heteroatoms. The van der Waals surface area contributed by atoms with E-state index in [1.54, 1.807) is 0 Å². The van der Waals surface area contributed by atoms with Crippen LogP contribution in [0.15, 0.2) is 423 Å². The van der Waals surface area contributed by atoms with Gasteiger partial charge in [-0.05, 0) is 193 Å². The van der Waals surface area contributed by atoms with E-state index < -0.39 is 0 Å². The Balaban J connectivity index is 0.0000000991. The number of nitrogens with zero attached hydrogens (tertiary/aromatic N) is 9. The van der Waals surface area contributed by atoms with Crippen LogP contribution < -0.4 is 0 Å². The molecule has 10 nitrogen and oxygen atoms in total. The quantitative estimate of drug-likeness (QED) is 0.153. The number of rotatable bonds is 6. The third kappa shape index (κ3) is 11.5. The summed E-state index contributed by atoms with van der Waals surface area (Å²) in [5.74, 6) is 0. The lowest BCUT2D eigenvalue weighted by Crippen LogP contribution is -1.94. The molecule has 0 aliphatic rings. The number of benzene rings is 18. The minimum absolute atomic E-state index is 0.910. The standard InChI is InChI=1S/C40H23N3O.2C40H23N3S/c2*1-4-16-36-30(11-1)32-13-6-12-28(39(32)44-36)27-9-5-8-25(22-27)26-18-19-29-31-20-17-24-10-7-21-41-38(24)37(31)40-42-33-14-2-3-15-34(33)43(40)35(29)23-26;1-4-10-36-30(7-1)32-22-27(17-20-37(32)44-36)24-11-13-25(14-12-24)28-16-18-29-31-19-15-26-6-5-21-41-39(26)38(31)40-42-33-8-2-3-9-34(33)43(40)35(29)23-28/h3*1-23H. The van der Waals surface area contributed by atoms with Crippen LogP contribution in [0.1, 0.15) is 0 Å². The van der Waals surface area contributed by atoms with Crippen molar-refractivity contribution in [1.29, 1.82) is 0 Å². The van der Waals surface area contributed by atoms with Crippen molar-refractivity contribution in [1.82, 2.24) is 43.1 Å². The topological polar surface area (TPSA) is 104 Å². The van der Waals surface area contributed by atoms with E-state index in [2.05, 4.69) is 383 Å². The largest absolute Gasteiger partial charge is 0.455 e. The molecular formula is C120H69N9OS2. The highest BCUT2D eigenvalue weighted by Crippen LogP contribution is 2.47. The normalized spacial score (nSPS) is 12.1. The predicted octanol–water partition coefficient (Wildman–Crippen LogP) is 32.7. The van der Waals surface area contributed by atoms with Crippen molar-refractivity contribution >= 4 is 233 Å². The molecule has 0 spiro atoms. The summed E-state index contributed by atoms with van der Waals surface area (Å²) < 4.78 is 18.7. The second-order valence-corrected chi connectivity index (χ2v) is 36.4. The van der Waals surface area contributed by atoms with Crippen molar-refractivity contribution in [3.8, 4) is 66.8 Å². The Kier molecular flexibility index (Phi) is 16.4. The zero-order valence-electron chi connectivity index (χ0n) is 70.6. The maximum absolute atomic E-state index is 6.38. The van der Waals surface area contributed by atoms with Gasteiger partial charge in [-0.1, -0.05) is 285 Å². The average molecular weight is 1720 g/mol. The summed E-state index contributed by atoms with van der Waals surface area (Å²) in [5.41, 5.74) is 31.5. The van der Waals surface area contributed by atoms with Crippen LogP contribution in [0.3, 0.4) is 0 Å². The number of hydrogen-bond donors (Lipinski definition) is 0. The van der Waals surface area contributed by atoms with Crippen LogP contribution >= 0.6 is 22.7 Å². The molecule has 0 aliphatic carbocycles. The van der Waals surface area contributed by atoms with Crippen LogP contribution in [-0.2, 0) is 0 Å². The van der Waals surface area contributed by atoms with Crippen molar-refractivity contribution in [2.45, 2.75) is 0 Å². The van der Waals surface area contributed by atoms with Gasteiger partial charge in [0.25, 0.3) is 0 Å². The van der Waals surface area contributed by atoms with Crippen LogP contribution in [0, 0.1) is 0 Å². The molecule has 0 aliphatic heterocycles. The second kappa shape index (κ2) is 29.2. The van der Waals surface area contributed by atoms with Gasteiger partial charge in [-0.15, -0.1) is 22.7 Å². The van der Waals surface area contributed by atoms with E-state index >= 15 is 0 Å². The molecule has 30 aromatic rings. The summed E-state index contributed by atoms with van der Waals surface area (Å²) in [5, 5.41) is 21.3. The Labute approximate surface area is 760 Å². The Morgan fingerprint density at radius 1 is 0.212 bits per heavy atom. The molecule has 0 unspecified atom stereocenters. The van der Waals surface area contributed by atoms with Crippen LogP contribution in [0.2, 0.25) is 0 Å².